The fraction of sp³-hybridized carbons (Fsp3) is 0.273. The average molecular weight is 413 g/mol. The molecule has 2 N–H and O–H groups in total. The van der Waals surface area contributed by atoms with E-state index >= 15 is 0 Å². The maximum absolute atomic E-state index is 11.9. The van der Waals surface area contributed by atoms with E-state index in [0.717, 1.165) is 6.07 Å². The van der Waals surface area contributed by atoms with Gasteiger partial charge in [0.25, 0.3) is 0 Å². The zero-order chi connectivity index (χ0) is 15.3. The van der Waals surface area contributed by atoms with Gasteiger partial charge in [-0.25, -0.2) is 17.9 Å². The first-order valence-corrected chi connectivity index (χ1v) is 7.93. The number of aromatic carboxylic acids is 1. The number of carbonyl (C=O) groups excluding carboxylic acids is 1. The van der Waals surface area contributed by atoms with E-state index in [-0.39, 0.29) is 23.4 Å². The number of methoxy groups -OCH3 is 1. The van der Waals surface area contributed by atoms with Crippen molar-refractivity contribution in [3.63, 3.8) is 0 Å². The predicted molar refractivity (Wildman–Crippen MR) is 77.9 cm³/mol. The van der Waals surface area contributed by atoms with Crippen LogP contribution in [-0.4, -0.2) is 39.1 Å². The van der Waals surface area contributed by atoms with Crippen molar-refractivity contribution >= 4 is 44.6 Å². The van der Waals surface area contributed by atoms with Crippen molar-refractivity contribution < 1.29 is 27.9 Å². The number of hydrogen-bond acceptors (Lipinski definition) is 5. The highest BCUT2D eigenvalue weighted by molar-refractivity contribution is 14.1. The molecule has 0 amide bonds. The van der Waals surface area contributed by atoms with Crippen molar-refractivity contribution in [2.45, 2.75) is 11.3 Å². The van der Waals surface area contributed by atoms with Crippen molar-refractivity contribution in [1.82, 2.24) is 4.72 Å². The predicted octanol–water partition coefficient (Wildman–Crippen LogP) is 0.831. The molecule has 0 radical (unpaired) electrons. The molecule has 0 aromatic heterocycles. The first-order chi connectivity index (χ1) is 9.27. The van der Waals surface area contributed by atoms with Gasteiger partial charge in [-0.05, 0) is 40.8 Å². The quantitative estimate of drug-likeness (QED) is 0.528. The lowest BCUT2D eigenvalue weighted by atomic mass is 10.2. The molecule has 20 heavy (non-hydrogen) atoms. The number of benzene rings is 1. The third-order valence-corrected chi connectivity index (χ3v) is 4.73. The zero-order valence-electron chi connectivity index (χ0n) is 10.4. The summed E-state index contributed by atoms with van der Waals surface area (Å²) in [6, 6.07) is 3.78. The Labute approximate surface area is 129 Å². The summed E-state index contributed by atoms with van der Waals surface area (Å²) in [6.07, 6.45) is -0.105. The van der Waals surface area contributed by atoms with Crippen molar-refractivity contribution in [1.29, 1.82) is 0 Å². The van der Waals surface area contributed by atoms with Gasteiger partial charge in [0, 0.05) is 10.1 Å². The Kier molecular flexibility index (Phi) is 5.89. The normalized spacial score (nSPS) is 11.1. The van der Waals surface area contributed by atoms with Gasteiger partial charge in [0.1, 0.15) is 0 Å². The van der Waals surface area contributed by atoms with Crippen molar-refractivity contribution in [2.75, 3.05) is 13.7 Å². The second-order valence-electron chi connectivity index (χ2n) is 3.67. The van der Waals surface area contributed by atoms with Crippen LogP contribution in [0.15, 0.2) is 23.1 Å². The molecular weight excluding hydrogens is 401 g/mol. The maximum atomic E-state index is 11.9. The highest BCUT2D eigenvalue weighted by atomic mass is 127. The summed E-state index contributed by atoms with van der Waals surface area (Å²) in [4.78, 5) is 21.7. The summed E-state index contributed by atoms with van der Waals surface area (Å²) >= 11 is 1.81. The van der Waals surface area contributed by atoms with Gasteiger partial charge in [-0.2, -0.15) is 0 Å². The largest absolute Gasteiger partial charge is 0.478 e. The molecule has 0 aliphatic heterocycles. The number of halogens is 1. The topological polar surface area (TPSA) is 110 Å². The molecule has 0 aliphatic rings. The molecule has 0 fully saturated rings. The van der Waals surface area contributed by atoms with Crippen molar-refractivity contribution in [3.05, 3.63) is 27.3 Å². The minimum Gasteiger partial charge on any atom is -0.478 e. The number of carbonyl (C=O) groups is 2. The molecule has 110 valence electrons. The molecule has 0 saturated carbocycles. The van der Waals surface area contributed by atoms with E-state index in [1.165, 1.54) is 19.2 Å². The third-order valence-electron chi connectivity index (χ3n) is 2.33. The molecule has 0 atom stereocenters. The summed E-state index contributed by atoms with van der Waals surface area (Å²) in [5.74, 6) is -1.75. The lowest BCUT2D eigenvalue weighted by molar-refractivity contribution is -0.140. The first kappa shape index (κ1) is 16.9. The van der Waals surface area contributed by atoms with Gasteiger partial charge < -0.3 is 9.84 Å². The van der Waals surface area contributed by atoms with E-state index in [4.69, 9.17) is 5.11 Å². The number of carboxylic acids is 1. The molecule has 1 rings (SSSR count). The summed E-state index contributed by atoms with van der Waals surface area (Å²) in [6.45, 7) is -0.122. The Morgan fingerprint density at radius 1 is 1.40 bits per heavy atom. The molecule has 0 aliphatic carbocycles. The Bertz CT molecular complexity index is 628. The van der Waals surface area contributed by atoms with E-state index in [1.54, 1.807) is 22.6 Å². The molecule has 0 bridgehead atoms. The Morgan fingerprint density at radius 2 is 2.05 bits per heavy atom. The van der Waals surface area contributed by atoms with Crippen LogP contribution in [0.25, 0.3) is 0 Å². The van der Waals surface area contributed by atoms with Gasteiger partial charge in [0.2, 0.25) is 10.0 Å². The van der Waals surface area contributed by atoms with Crippen LogP contribution in [0.4, 0.5) is 0 Å². The fourth-order valence-corrected chi connectivity index (χ4v) is 2.93. The van der Waals surface area contributed by atoms with Crippen LogP contribution in [-0.2, 0) is 19.6 Å². The zero-order valence-corrected chi connectivity index (χ0v) is 13.4. The van der Waals surface area contributed by atoms with Crippen LogP contribution in [0.3, 0.4) is 0 Å². The highest BCUT2D eigenvalue weighted by Crippen LogP contribution is 2.18. The molecule has 1 aromatic carbocycles. The Hall–Kier alpha value is -1.20. The van der Waals surface area contributed by atoms with E-state index < -0.39 is 22.0 Å². The van der Waals surface area contributed by atoms with E-state index in [2.05, 4.69) is 9.46 Å². The van der Waals surface area contributed by atoms with Gasteiger partial charge in [-0.15, -0.1) is 0 Å². The molecule has 0 spiro atoms. The molecule has 7 nitrogen and oxygen atoms in total. The smallest absolute Gasteiger partial charge is 0.336 e. The molecule has 0 saturated heterocycles. The molecule has 0 unspecified atom stereocenters. The van der Waals surface area contributed by atoms with Gasteiger partial charge in [0.15, 0.2) is 0 Å². The van der Waals surface area contributed by atoms with Gasteiger partial charge in [0.05, 0.1) is 24.0 Å². The van der Waals surface area contributed by atoms with Crippen LogP contribution >= 0.6 is 22.6 Å². The lowest BCUT2D eigenvalue weighted by Gasteiger charge is -2.07. The van der Waals surface area contributed by atoms with E-state index in [0.29, 0.717) is 3.57 Å². The monoisotopic (exact) mass is 413 g/mol. The van der Waals surface area contributed by atoms with Gasteiger partial charge >= 0.3 is 11.9 Å². The van der Waals surface area contributed by atoms with Gasteiger partial charge in [-0.1, -0.05) is 0 Å². The van der Waals surface area contributed by atoms with Crippen molar-refractivity contribution in [3.8, 4) is 0 Å². The minimum atomic E-state index is -3.86. The summed E-state index contributed by atoms with van der Waals surface area (Å²) < 4.78 is 30.9. The fourth-order valence-electron chi connectivity index (χ4n) is 1.31. The third kappa shape index (κ3) is 4.42. The maximum Gasteiger partial charge on any atom is 0.336 e. The van der Waals surface area contributed by atoms with Gasteiger partial charge in [-0.3, -0.25) is 4.79 Å². The molecule has 9 heteroatoms. The lowest BCUT2D eigenvalue weighted by Crippen LogP contribution is -2.26. The Morgan fingerprint density at radius 3 is 2.60 bits per heavy atom. The minimum absolute atomic E-state index is 0.0959. The average Bonchev–Trinajstić information content (AvgIpc) is 2.38. The van der Waals surface area contributed by atoms with Crippen LogP contribution in [0.5, 0.6) is 0 Å². The van der Waals surface area contributed by atoms with Crippen molar-refractivity contribution in [2.24, 2.45) is 0 Å². The standard InChI is InChI=1S/C11H12INO6S/c1-19-10(14)4-5-13-20(17,18)7-2-3-9(12)8(6-7)11(15)16/h2-3,6,13H,4-5H2,1H3,(H,15,16). The second-order valence-corrected chi connectivity index (χ2v) is 6.60. The number of carboxylic acid groups (broad SMARTS) is 1. The Balaban J connectivity index is 2.90. The highest BCUT2D eigenvalue weighted by Gasteiger charge is 2.18. The van der Waals surface area contributed by atoms with Crippen LogP contribution in [0, 0.1) is 3.57 Å². The summed E-state index contributed by atoms with van der Waals surface area (Å²) in [5.41, 5.74) is -0.0959. The van der Waals surface area contributed by atoms with Crippen LogP contribution in [0.2, 0.25) is 0 Å². The SMILES string of the molecule is COC(=O)CCNS(=O)(=O)c1ccc(I)c(C(=O)O)c1. The number of hydrogen-bond donors (Lipinski definition) is 2. The summed E-state index contributed by atoms with van der Waals surface area (Å²) in [5, 5.41) is 8.96. The number of esters is 1. The number of sulfonamides is 1. The molecule has 0 heterocycles. The van der Waals surface area contributed by atoms with Crippen LogP contribution < -0.4 is 4.72 Å². The number of ether oxygens (including phenoxy) is 1. The van der Waals surface area contributed by atoms with E-state index in [1.807, 2.05) is 0 Å². The summed E-state index contributed by atoms with van der Waals surface area (Å²) in [7, 11) is -2.66. The first-order valence-electron chi connectivity index (χ1n) is 5.37. The van der Waals surface area contributed by atoms with Crippen LogP contribution in [0.1, 0.15) is 16.8 Å². The molecule has 1 aromatic rings. The number of nitrogens with one attached hydrogen (secondary N) is 1. The van der Waals surface area contributed by atoms with E-state index in [9.17, 15) is 18.0 Å². The molecular formula is C11H12INO6S. The number of rotatable bonds is 6. The second kappa shape index (κ2) is 6.99.